The summed E-state index contributed by atoms with van der Waals surface area (Å²) in [6.45, 7) is 0.919. The molecule has 1 saturated carbocycles. The summed E-state index contributed by atoms with van der Waals surface area (Å²) in [6, 6.07) is 7.69. The molecule has 0 heterocycles. The van der Waals surface area contributed by atoms with Gasteiger partial charge in [0.05, 0.1) is 13.7 Å². The second-order valence-electron chi connectivity index (χ2n) is 5.28. The van der Waals surface area contributed by atoms with E-state index in [1.54, 1.807) is 7.11 Å². The van der Waals surface area contributed by atoms with Gasteiger partial charge in [-0.2, -0.15) is 0 Å². The summed E-state index contributed by atoms with van der Waals surface area (Å²) in [5.41, 5.74) is 0. The molecule has 1 atom stereocenters. The Hall–Kier alpha value is -1.22. The van der Waals surface area contributed by atoms with Crippen LogP contribution in [0.2, 0.25) is 0 Å². The molecular formula is C16H24O3. The Bertz CT molecular complexity index is 372. The van der Waals surface area contributed by atoms with Crippen LogP contribution in [-0.4, -0.2) is 25.4 Å². The molecule has 3 nitrogen and oxygen atoms in total. The average Bonchev–Trinajstić information content (AvgIpc) is 2.98. The molecule has 1 aromatic rings. The summed E-state index contributed by atoms with van der Waals surface area (Å²) in [5, 5.41) is 9.50. The maximum Gasteiger partial charge on any atom is 0.161 e. The first-order valence-electron chi connectivity index (χ1n) is 7.22. The molecule has 1 unspecified atom stereocenters. The summed E-state index contributed by atoms with van der Waals surface area (Å²) in [7, 11) is 1.65. The van der Waals surface area contributed by atoms with Gasteiger partial charge in [0.1, 0.15) is 0 Å². The Kier molecular flexibility index (Phi) is 5.52. The maximum atomic E-state index is 9.50. The highest BCUT2D eigenvalue weighted by atomic mass is 16.5. The zero-order valence-corrected chi connectivity index (χ0v) is 11.7. The zero-order chi connectivity index (χ0) is 13.5. The van der Waals surface area contributed by atoms with Crippen molar-refractivity contribution in [2.45, 2.75) is 32.1 Å². The van der Waals surface area contributed by atoms with Crippen molar-refractivity contribution < 1.29 is 14.6 Å². The fraction of sp³-hybridized carbons (Fsp3) is 0.625. The summed E-state index contributed by atoms with van der Waals surface area (Å²) < 4.78 is 11.0. The highest BCUT2D eigenvalue weighted by Crippen LogP contribution is 2.33. The van der Waals surface area contributed by atoms with E-state index in [0.717, 1.165) is 17.9 Å². The van der Waals surface area contributed by atoms with Crippen molar-refractivity contribution >= 4 is 0 Å². The van der Waals surface area contributed by atoms with Gasteiger partial charge in [0.2, 0.25) is 0 Å². The van der Waals surface area contributed by atoms with E-state index in [4.69, 9.17) is 9.47 Å². The lowest BCUT2D eigenvalue weighted by atomic mass is 9.89. The number of aliphatic hydroxyl groups is 1. The Morgan fingerprint density at radius 1 is 1.21 bits per heavy atom. The molecule has 106 valence electrons. The Labute approximate surface area is 115 Å². The average molecular weight is 264 g/mol. The fourth-order valence-corrected chi connectivity index (χ4v) is 2.96. The molecule has 1 aliphatic carbocycles. The lowest BCUT2D eigenvalue weighted by molar-refractivity contribution is 0.145. The first kappa shape index (κ1) is 14.2. The highest BCUT2D eigenvalue weighted by molar-refractivity contribution is 5.39. The molecule has 2 rings (SSSR count). The van der Waals surface area contributed by atoms with Crippen molar-refractivity contribution in [3.63, 3.8) is 0 Å². The van der Waals surface area contributed by atoms with E-state index in [1.807, 2.05) is 24.3 Å². The molecule has 0 spiro atoms. The van der Waals surface area contributed by atoms with Gasteiger partial charge in [0, 0.05) is 6.61 Å². The minimum atomic E-state index is 0.278. The predicted octanol–water partition coefficient (Wildman–Crippen LogP) is 3.26. The van der Waals surface area contributed by atoms with E-state index < -0.39 is 0 Å². The second kappa shape index (κ2) is 7.39. The van der Waals surface area contributed by atoms with Crippen LogP contribution in [0.15, 0.2) is 24.3 Å². The van der Waals surface area contributed by atoms with Crippen molar-refractivity contribution in [1.29, 1.82) is 0 Å². The molecule has 0 radical (unpaired) electrons. The number of para-hydroxylation sites is 2. The molecule has 3 heteroatoms. The Morgan fingerprint density at radius 3 is 2.53 bits per heavy atom. The minimum absolute atomic E-state index is 0.278. The minimum Gasteiger partial charge on any atom is -0.493 e. The van der Waals surface area contributed by atoms with Crippen LogP contribution in [0.3, 0.4) is 0 Å². The summed E-state index contributed by atoms with van der Waals surface area (Å²) in [6.07, 6.45) is 6.07. The van der Waals surface area contributed by atoms with Crippen LogP contribution in [0.4, 0.5) is 0 Å². The normalized spacial score (nSPS) is 17.4. The van der Waals surface area contributed by atoms with Crippen LogP contribution >= 0.6 is 0 Å². The standard InChI is InChI=1S/C16H24O3/c1-18-15-8-4-5-9-16(15)19-11-10-14(12-17)13-6-2-3-7-13/h4-5,8-9,13-14,17H,2-3,6-7,10-12H2,1H3. The van der Waals surface area contributed by atoms with Crippen LogP contribution in [0.25, 0.3) is 0 Å². The van der Waals surface area contributed by atoms with E-state index in [1.165, 1.54) is 25.7 Å². The van der Waals surface area contributed by atoms with Gasteiger partial charge in [0.25, 0.3) is 0 Å². The lowest BCUT2D eigenvalue weighted by Gasteiger charge is -2.21. The molecule has 1 fully saturated rings. The van der Waals surface area contributed by atoms with E-state index in [0.29, 0.717) is 18.4 Å². The van der Waals surface area contributed by atoms with Gasteiger partial charge in [-0.25, -0.2) is 0 Å². The molecule has 1 N–H and O–H groups in total. The third-order valence-electron chi connectivity index (χ3n) is 4.12. The summed E-state index contributed by atoms with van der Waals surface area (Å²) in [5.74, 6) is 2.63. The molecule has 19 heavy (non-hydrogen) atoms. The Balaban J connectivity index is 1.81. The number of rotatable bonds is 7. The van der Waals surface area contributed by atoms with E-state index in [9.17, 15) is 5.11 Å². The van der Waals surface area contributed by atoms with Crippen LogP contribution < -0.4 is 9.47 Å². The Morgan fingerprint density at radius 2 is 1.89 bits per heavy atom. The fourth-order valence-electron chi connectivity index (χ4n) is 2.96. The van der Waals surface area contributed by atoms with Crippen molar-refractivity contribution in [3.8, 4) is 11.5 Å². The van der Waals surface area contributed by atoms with E-state index >= 15 is 0 Å². The summed E-state index contributed by atoms with van der Waals surface area (Å²) in [4.78, 5) is 0. The van der Waals surface area contributed by atoms with Gasteiger partial charge in [-0.15, -0.1) is 0 Å². The third-order valence-corrected chi connectivity index (χ3v) is 4.12. The van der Waals surface area contributed by atoms with Crippen LogP contribution in [-0.2, 0) is 0 Å². The van der Waals surface area contributed by atoms with E-state index in [-0.39, 0.29) is 6.61 Å². The maximum absolute atomic E-state index is 9.50. The second-order valence-corrected chi connectivity index (χ2v) is 5.28. The number of methoxy groups -OCH3 is 1. The van der Waals surface area contributed by atoms with Crippen molar-refractivity contribution in [2.75, 3.05) is 20.3 Å². The van der Waals surface area contributed by atoms with Crippen molar-refractivity contribution in [2.24, 2.45) is 11.8 Å². The van der Waals surface area contributed by atoms with Crippen LogP contribution in [0.1, 0.15) is 32.1 Å². The van der Waals surface area contributed by atoms with Gasteiger partial charge in [0.15, 0.2) is 11.5 Å². The van der Waals surface area contributed by atoms with Gasteiger partial charge in [-0.05, 0) is 30.4 Å². The third kappa shape index (κ3) is 3.87. The topological polar surface area (TPSA) is 38.7 Å². The lowest BCUT2D eigenvalue weighted by Crippen LogP contribution is -2.19. The van der Waals surface area contributed by atoms with Gasteiger partial charge in [-0.3, -0.25) is 0 Å². The first-order chi connectivity index (χ1) is 9.35. The molecule has 0 amide bonds. The number of ether oxygens (including phenoxy) is 2. The number of aliphatic hydroxyl groups excluding tert-OH is 1. The van der Waals surface area contributed by atoms with Crippen LogP contribution in [0, 0.1) is 11.8 Å². The quantitative estimate of drug-likeness (QED) is 0.821. The number of hydrogen-bond acceptors (Lipinski definition) is 3. The van der Waals surface area contributed by atoms with E-state index in [2.05, 4.69) is 0 Å². The van der Waals surface area contributed by atoms with Crippen molar-refractivity contribution in [3.05, 3.63) is 24.3 Å². The molecule has 0 aliphatic heterocycles. The van der Waals surface area contributed by atoms with Gasteiger partial charge >= 0.3 is 0 Å². The summed E-state index contributed by atoms with van der Waals surface area (Å²) >= 11 is 0. The molecule has 0 saturated heterocycles. The largest absolute Gasteiger partial charge is 0.493 e. The zero-order valence-electron chi connectivity index (χ0n) is 11.7. The number of benzene rings is 1. The number of hydrogen-bond donors (Lipinski definition) is 1. The predicted molar refractivity (Wildman–Crippen MR) is 75.6 cm³/mol. The van der Waals surface area contributed by atoms with Gasteiger partial charge in [-0.1, -0.05) is 37.8 Å². The monoisotopic (exact) mass is 264 g/mol. The molecule has 0 bridgehead atoms. The first-order valence-corrected chi connectivity index (χ1v) is 7.22. The molecular weight excluding hydrogens is 240 g/mol. The SMILES string of the molecule is COc1ccccc1OCCC(CO)C1CCCC1. The van der Waals surface area contributed by atoms with Crippen LogP contribution in [0.5, 0.6) is 11.5 Å². The van der Waals surface area contributed by atoms with Crippen molar-refractivity contribution in [1.82, 2.24) is 0 Å². The smallest absolute Gasteiger partial charge is 0.161 e. The molecule has 1 aliphatic rings. The molecule has 0 aromatic heterocycles. The van der Waals surface area contributed by atoms with Gasteiger partial charge < -0.3 is 14.6 Å². The molecule has 1 aromatic carbocycles. The highest BCUT2D eigenvalue weighted by Gasteiger charge is 2.24.